The van der Waals surface area contributed by atoms with E-state index in [-0.39, 0.29) is 17.3 Å². The Morgan fingerprint density at radius 2 is 1.39 bits per heavy atom. The third-order valence-corrected chi connectivity index (χ3v) is 7.57. The van der Waals surface area contributed by atoms with Gasteiger partial charge in [-0.05, 0) is 89.2 Å². The topological polar surface area (TPSA) is 59.1 Å². The van der Waals surface area contributed by atoms with Gasteiger partial charge in [-0.25, -0.2) is 0 Å². The predicted octanol–water partition coefficient (Wildman–Crippen LogP) is 7.83. The van der Waals surface area contributed by atoms with Crippen molar-refractivity contribution in [3.8, 4) is 11.5 Å². The molecule has 0 atom stereocenters. The van der Waals surface area contributed by atoms with Gasteiger partial charge in [0.05, 0.1) is 22.5 Å². The predicted molar refractivity (Wildman–Crippen MR) is 170 cm³/mol. The SMILES string of the molecule is CCOc1cc(C=C2C(=O)N(c3ccccc3)C(=S)N(c3ccccc3)C2=O)cc(Br)c1OCc1ccccc1Cl. The van der Waals surface area contributed by atoms with Crippen LogP contribution in [0.25, 0.3) is 6.08 Å². The summed E-state index contributed by atoms with van der Waals surface area (Å²) in [6.07, 6.45) is 1.55. The van der Waals surface area contributed by atoms with Gasteiger partial charge in [0.1, 0.15) is 12.2 Å². The van der Waals surface area contributed by atoms with Gasteiger partial charge >= 0.3 is 0 Å². The molecule has 0 spiro atoms. The number of para-hydroxylation sites is 2. The molecule has 41 heavy (non-hydrogen) atoms. The maximum atomic E-state index is 13.8. The van der Waals surface area contributed by atoms with Gasteiger partial charge in [-0.3, -0.25) is 19.4 Å². The van der Waals surface area contributed by atoms with Crippen LogP contribution < -0.4 is 19.3 Å². The van der Waals surface area contributed by atoms with Gasteiger partial charge in [-0.1, -0.05) is 66.2 Å². The number of amides is 2. The molecule has 4 aromatic rings. The van der Waals surface area contributed by atoms with Gasteiger partial charge in [0.25, 0.3) is 11.8 Å². The number of anilines is 2. The third-order valence-electron chi connectivity index (χ3n) is 6.25. The van der Waals surface area contributed by atoms with Crippen molar-refractivity contribution in [3.63, 3.8) is 0 Å². The first-order valence-corrected chi connectivity index (χ1v) is 14.3. The zero-order valence-electron chi connectivity index (χ0n) is 21.9. The number of carbonyl (C=O) groups excluding carboxylic acids is 2. The molecule has 1 aliphatic rings. The molecule has 206 valence electrons. The largest absolute Gasteiger partial charge is 0.490 e. The average Bonchev–Trinajstić information content (AvgIpc) is 2.97. The van der Waals surface area contributed by atoms with Crippen molar-refractivity contribution in [1.82, 2.24) is 0 Å². The Morgan fingerprint density at radius 3 is 1.95 bits per heavy atom. The molecule has 1 heterocycles. The summed E-state index contributed by atoms with van der Waals surface area (Å²) in [6.45, 7) is 2.47. The molecule has 0 bridgehead atoms. The van der Waals surface area contributed by atoms with E-state index in [0.29, 0.717) is 44.5 Å². The van der Waals surface area contributed by atoms with Gasteiger partial charge in [-0.2, -0.15) is 0 Å². The van der Waals surface area contributed by atoms with Crippen LogP contribution in [0.3, 0.4) is 0 Å². The van der Waals surface area contributed by atoms with Crippen LogP contribution in [0.4, 0.5) is 11.4 Å². The number of carbonyl (C=O) groups is 2. The molecule has 0 aliphatic carbocycles. The Labute approximate surface area is 256 Å². The van der Waals surface area contributed by atoms with Crippen LogP contribution >= 0.6 is 39.7 Å². The Balaban J connectivity index is 1.56. The zero-order chi connectivity index (χ0) is 28.9. The van der Waals surface area contributed by atoms with Gasteiger partial charge in [0.15, 0.2) is 16.6 Å². The van der Waals surface area contributed by atoms with Crippen molar-refractivity contribution in [2.45, 2.75) is 13.5 Å². The summed E-state index contributed by atoms with van der Waals surface area (Å²) in [6, 6.07) is 29.0. The molecule has 0 aromatic heterocycles. The quantitative estimate of drug-likeness (QED) is 0.111. The summed E-state index contributed by atoms with van der Waals surface area (Å²) < 4.78 is 12.6. The van der Waals surface area contributed by atoms with Gasteiger partial charge < -0.3 is 9.47 Å². The first-order chi connectivity index (χ1) is 19.9. The van der Waals surface area contributed by atoms with Crippen LogP contribution in [0.5, 0.6) is 11.5 Å². The van der Waals surface area contributed by atoms with E-state index in [4.69, 9.17) is 33.3 Å². The van der Waals surface area contributed by atoms with Crippen LogP contribution in [0.2, 0.25) is 5.02 Å². The summed E-state index contributed by atoms with van der Waals surface area (Å²) in [5.74, 6) is -0.113. The summed E-state index contributed by atoms with van der Waals surface area (Å²) in [5.41, 5.74) is 2.45. The molecule has 5 rings (SSSR count). The third kappa shape index (κ3) is 6.05. The maximum absolute atomic E-state index is 13.8. The molecule has 1 saturated heterocycles. The highest BCUT2D eigenvalue weighted by Crippen LogP contribution is 2.39. The molecule has 1 aliphatic heterocycles. The Morgan fingerprint density at radius 1 is 0.829 bits per heavy atom. The number of halogens is 2. The van der Waals surface area contributed by atoms with Crippen molar-refractivity contribution in [2.24, 2.45) is 0 Å². The monoisotopic (exact) mass is 646 g/mol. The van der Waals surface area contributed by atoms with E-state index in [1.54, 1.807) is 48.5 Å². The second-order valence-electron chi connectivity index (χ2n) is 8.94. The van der Waals surface area contributed by atoms with Crippen LogP contribution in [0.15, 0.2) is 107 Å². The normalized spacial score (nSPS) is 13.4. The smallest absolute Gasteiger partial charge is 0.270 e. The molecule has 0 radical (unpaired) electrons. The minimum atomic E-state index is -0.522. The zero-order valence-corrected chi connectivity index (χ0v) is 25.1. The van der Waals surface area contributed by atoms with Crippen molar-refractivity contribution >= 4 is 74.1 Å². The molecular weight excluding hydrogens is 624 g/mol. The van der Waals surface area contributed by atoms with E-state index in [0.717, 1.165) is 5.56 Å². The number of thiocarbonyl (C=S) groups is 1. The molecule has 6 nitrogen and oxygen atoms in total. The summed E-state index contributed by atoms with van der Waals surface area (Å²) in [5, 5.41) is 0.676. The van der Waals surface area contributed by atoms with E-state index in [2.05, 4.69) is 15.9 Å². The standard InChI is InChI=1S/C32H24BrClN2O4S/c1-2-39-28-19-21(18-26(33)29(28)40-20-22-11-9-10-16-27(22)34)17-25-30(37)35(23-12-5-3-6-13-23)32(41)36(31(25)38)24-14-7-4-8-15-24/h3-19H,2,20H2,1H3. The number of hydrogen-bond acceptors (Lipinski definition) is 5. The lowest BCUT2D eigenvalue weighted by Crippen LogP contribution is -2.56. The number of nitrogens with zero attached hydrogens (tertiary/aromatic N) is 2. The maximum Gasteiger partial charge on any atom is 0.270 e. The van der Waals surface area contributed by atoms with Crippen molar-refractivity contribution in [3.05, 3.63) is 123 Å². The van der Waals surface area contributed by atoms with Gasteiger partial charge in [0, 0.05) is 10.6 Å². The summed E-state index contributed by atoms with van der Waals surface area (Å²) in [7, 11) is 0. The second kappa shape index (κ2) is 12.7. The average molecular weight is 648 g/mol. The number of rotatable bonds is 8. The highest BCUT2D eigenvalue weighted by atomic mass is 79.9. The molecule has 0 unspecified atom stereocenters. The fourth-order valence-corrected chi connectivity index (χ4v) is 5.49. The van der Waals surface area contributed by atoms with Crippen LogP contribution in [0.1, 0.15) is 18.1 Å². The van der Waals surface area contributed by atoms with Crippen LogP contribution in [-0.2, 0) is 16.2 Å². The first kappa shape index (κ1) is 28.5. The van der Waals surface area contributed by atoms with Gasteiger partial charge in [0.2, 0.25) is 0 Å². The Kier molecular flexibility index (Phi) is 8.83. The second-order valence-corrected chi connectivity index (χ2v) is 10.6. The highest BCUT2D eigenvalue weighted by Gasteiger charge is 2.41. The fourth-order valence-electron chi connectivity index (χ4n) is 4.35. The minimum Gasteiger partial charge on any atom is -0.490 e. The lowest BCUT2D eigenvalue weighted by molar-refractivity contribution is -0.120. The van der Waals surface area contributed by atoms with E-state index >= 15 is 0 Å². The lowest BCUT2D eigenvalue weighted by Gasteiger charge is -2.36. The van der Waals surface area contributed by atoms with Crippen molar-refractivity contribution in [2.75, 3.05) is 16.4 Å². The number of hydrogen-bond donors (Lipinski definition) is 0. The van der Waals surface area contributed by atoms with E-state index in [9.17, 15) is 9.59 Å². The summed E-state index contributed by atoms with van der Waals surface area (Å²) >= 11 is 15.6. The molecule has 0 saturated carbocycles. The molecule has 4 aromatic carbocycles. The van der Waals surface area contributed by atoms with Gasteiger partial charge in [-0.15, -0.1) is 0 Å². The molecule has 9 heteroatoms. The van der Waals surface area contributed by atoms with Crippen LogP contribution in [-0.4, -0.2) is 23.5 Å². The molecule has 2 amide bonds. The van der Waals surface area contributed by atoms with E-state index < -0.39 is 11.8 Å². The van der Waals surface area contributed by atoms with E-state index in [1.165, 1.54) is 9.80 Å². The van der Waals surface area contributed by atoms with Crippen LogP contribution in [0, 0.1) is 0 Å². The number of ether oxygens (including phenoxy) is 2. The Hall–Kier alpha value is -3.98. The minimum absolute atomic E-state index is 0.0506. The first-order valence-electron chi connectivity index (χ1n) is 12.8. The fraction of sp³-hybridized carbons (Fsp3) is 0.0938. The summed E-state index contributed by atoms with van der Waals surface area (Å²) in [4.78, 5) is 30.4. The molecule has 0 N–H and O–H groups in total. The molecular formula is C32H24BrClN2O4S. The molecule has 1 fully saturated rings. The lowest BCUT2D eigenvalue weighted by atomic mass is 10.0. The Bertz CT molecular complexity index is 1580. The highest BCUT2D eigenvalue weighted by molar-refractivity contribution is 9.10. The van der Waals surface area contributed by atoms with Crippen molar-refractivity contribution in [1.29, 1.82) is 0 Å². The van der Waals surface area contributed by atoms with Crippen molar-refractivity contribution < 1.29 is 19.1 Å². The van der Waals surface area contributed by atoms with E-state index in [1.807, 2.05) is 61.5 Å². The number of benzene rings is 4.